The number of amides is 3. The zero-order valence-corrected chi connectivity index (χ0v) is 25.0. The summed E-state index contributed by atoms with van der Waals surface area (Å²) < 4.78 is 65.9. The fourth-order valence-electron chi connectivity index (χ4n) is 5.39. The number of nitrogens with zero attached hydrogens (tertiary/aromatic N) is 3. The van der Waals surface area contributed by atoms with Gasteiger partial charge in [0.1, 0.15) is 11.8 Å². The molecule has 2 aliphatic heterocycles. The van der Waals surface area contributed by atoms with Crippen LogP contribution in [0.4, 0.5) is 24.5 Å². The number of carbonyl (C=O) groups excluding carboxylic acids is 3. The predicted octanol–water partition coefficient (Wildman–Crippen LogP) is 3.41. The Labute approximate surface area is 260 Å². The number of rotatable bonds is 6. The number of anilines is 2. The van der Waals surface area contributed by atoms with Crippen molar-refractivity contribution in [2.24, 2.45) is 11.1 Å². The Balaban J connectivity index is 1.38. The second-order valence-corrected chi connectivity index (χ2v) is 13.8. The van der Waals surface area contributed by atoms with Gasteiger partial charge in [-0.25, -0.2) is 18.5 Å². The maximum atomic E-state index is 13.9. The SMILES string of the molecule is NS(=O)(=O)c1ccc(NC(=O)Cn2c3c(sc2=O)[C@@H](c2cccnc2)[C@@H]2C(=O)N(c4ccccc4C(F)(F)F)C(=O)[C@@H]2S3)cc1. The van der Waals surface area contributed by atoms with Crippen LogP contribution >= 0.6 is 23.1 Å². The van der Waals surface area contributed by atoms with Crippen molar-refractivity contribution < 1.29 is 36.0 Å². The van der Waals surface area contributed by atoms with Crippen LogP contribution < -0.4 is 20.2 Å². The molecule has 3 amide bonds. The number of aromatic nitrogens is 2. The maximum Gasteiger partial charge on any atom is 0.418 e. The molecule has 17 heteroatoms. The number of carbonyl (C=O) groups is 3. The van der Waals surface area contributed by atoms with E-state index in [2.05, 4.69) is 10.3 Å². The summed E-state index contributed by atoms with van der Waals surface area (Å²) in [6.07, 6.45) is -1.90. The zero-order valence-electron chi connectivity index (χ0n) is 22.6. The van der Waals surface area contributed by atoms with Gasteiger partial charge in [0.05, 0.1) is 27.1 Å². The highest BCUT2D eigenvalue weighted by Crippen LogP contribution is 2.54. The first kappa shape index (κ1) is 30.7. The van der Waals surface area contributed by atoms with E-state index in [0.29, 0.717) is 15.3 Å². The molecule has 3 N–H and O–H groups in total. The van der Waals surface area contributed by atoms with E-state index in [-0.39, 0.29) is 15.6 Å². The second-order valence-electron chi connectivity index (χ2n) is 10.1. The summed E-state index contributed by atoms with van der Waals surface area (Å²) in [4.78, 5) is 58.2. The van der Waals surface area contributed by atoms with Gasteiger partial charge in [-0.05, 0) is 48.0 Å². The Morgan fingerprint density at radius 1 is 1.00 bits per heavy atom. The van der Waals surface area contributed by atoms with E-state index < -0.39 is 73.7 Å². The van der Waals surface area contributed by atoms with E-state index in [4.69, 9.17) is 5.14 Å². The number of pyridine rings is 1. The third-order valence-electron chi connectivity index (χ3n) is 7.31. The second kappa shape index (κ2) is 11.2. The monoisotopic (exact) mass is 675 g/mol. The van der Waals surface area contributed by atoms with Gasteiger partial charge in [0, 0.05) is 28.9 Å². The van der Waals surface area contributed by atoms with E-state index in [0.717, 1.165) is 45.9 Å². The van der Waals surface area contributed by atoms with E-state index in [1.54, 1.807) is 12.1 Å². The van der Waals surface area contributed by atoms with Gasteiger partial charge in [-0.15, -0.1) is 0 Å². The lowest BCUT2D eigenvalue weighted by molar-refractivity contribution is -0.137. The van der Waals surface area contributed by atoms with Crippen LogP contribution in [0.2, 0.25) is 0 Å². The number of sulfonamides is 1. The number of fused-ring (bicyclic) bond motifs is 2. The number of benzene rings is 2. The number of hydrogen-bond donors (Lipinski definition) is 2. The first-order valence-corrected chi connectivity index (χ1v) is 16.3. The van der Waals surface area contributed by atoms with Crippen molar-refractivity contribution in [1.29, 1.82) is 0 Å². The number of hydrogen-bond acceptors (Lipinski definition) is 9. The Kier molecular flexibility index (Phi) is 7.67. The summed E-state index contributed by atoms with van der Waals surface area (Å²) >= 11 is 1.61. The van der Waals surface area contributed by atoms with Gasteiger partial charge < -0.3 is 5.32 Å². The number of thioether (sulfide) groups is 1. The van der Waals surface area contributed by atoms with E-state index in [9.17, 15) is 40.8 Å². The van der Waals surface area contributed by atoms with Crippen molar-refractivity contribution in [2.45, 2.75) is 33.8 Å². The largest absolute Gasteiger partial charge is 0.418 e. The van der Waals surface area contributed by atoms with Crippen molar-refractivity contribution in [3.63, 3.8) is 0 Å². The molecule has 0 spiro atoms. The standard InChI is InChI=1S/C28H20F3N5O6S3/c29-28(30,31)17-5-1-2-6-18(17)36-24(38)21-20(14-4-3-11-33-12-14)23-26(43-22(21)25(36)39)35(27(40)44-23)13-19(37)34-15-7-9-16(10-8-15)45(32,41)42/h1-12,20-22H,13H2,(H,34,37)(H2,32,41,42)/t20-,21-,22+/m0/s1. The molecular weight excluding hydrogens is 656 g/mol. The first-order valence-electron chi connectivity index (χ1n) is 13.0. The van der Waals surface area contributed by atoms with Gasteiger partial charge in [0.2, 0.25) is 27.7 Å². The van der Waals surface area contributed by atoms with Crippen molar-refractivity contribution >= 4 is 62.2 Å². The molecule has 232 valence electrons. The smallest absolute Gasteiger partial charge is 0.325 e. The molecule has 0 aliphatic carbocycles. The Hall–Kier alpha value is -4.32. The van der Waals surface area contributed by atoms with Crippen LogP contribution in [-0.4, -0.2) is 40.9 Å². The molecule has 4 heterocycles. The molecule has 2 aromatic heterocycles. The third-order valence-corrected chi connectivity index (χ3v) is 10.8. The van der Waals surface area contributed by atoms with E-state index in [1.807, 2.05) is 0 Å². The number of nitrogens with two attached hydrogens (primary N) is 1. The van der Waals surface area contributed by atoms with Gasteiger partial charge in [-0.1, -0.05) is 41.3 Å². The van der Waals surface area contributed by atoms with Crippen molar-refractivity contribution in [3.05, 3.63) is 98.7 Å². The molecule has 0 unspecified atom stereocenters. The van der Waals surface area contributed by atoms with Crippen LogP contribution in [0.1, 0.15) is 21.9 Å². The van der Waals surface area contributed by atoms with Crippen LogP contribution in [0.25, 0.3) is 0 Å². The Morgan fingerprint density at radius 2 is 1.71 bits per heavy atom. The molecule has 45 heavy (non-hydrogen) atoms. The fourth-order valence-corrected chi connectivity index (χ4v) is 8.68. The quantitative estimate of drug-likeness (QED) is 0.294. The molecule has 4 aromatic rings. The first-order chi connectivity index (χ1) is 21.3. The lowest BCUT2D eigenvalue weighted by Gasteiger charge is -2.30. The van der Waals surface area contributed by atoms with Crippen LogP contribution in [0.3, 0.4) is 0 Å². The number of para-hydroxylation sites is 1. The highest BCUT2D eigenvalue weighted by Gasteiger charge is 2.57. The summed E-state index contributed by atoms with van der Waals surface area (Å²) in [6, 6.07) is 12.6. The minimum absolute atomic E-state index is 0.168. The number of nitrogens with one attached hydrogen (secondary N) is 1. The lowest BCUT2D eigenvalue weighted by atomic mass is 9.84. The number of primary sulfonamides is 1. The van der Waals surface area contributed by atoms with Crippen LogP contribution in [0, 0.1) is 5.92 Å². The molecular formula is C28H20F3N5O6S3. The molecule has 0 radical (unpaired) electrons. The lowest BCUT2D eigenvalue weighted by Crippen LogP contribution is -2.33. The minimum Gasteiger partial charge on any atom is -0.325 e. The number of alkyl halides is 3. The third kappa shape index (κ3) is 5.56. The molecule has 6 rings (SSSR count). The van der Waals surface area contributed by atoms with E-state index >= 15 is 0 Å². The Morgan fingerprint density at radius 3 is 2.36 bits per heavy atom. The molecule has 3 atom stereocenters. The highest BCUT2D eigenvalue weighted by atomic mass is 32.2. The van der Waals surface area contributed by atoms with Crippen LogP contribution in [-0.2, 0) is 37.1 Å². The molecule has 2 aliphatic rings. The predicted molar refractivity (Wildman–Crippen MR) is 158 cm³/mol. The number of imide groups is 1. The highest BCUT2D eigenvalue weighted by molar-refractivity contribution is 8.00. The topological polar surface area (TPSA) is 162 Å². The summed E-state index contributed by atoms with van der Waals surface area (Å²) in [7, 11) is -3.95. The van der Waals surface area contributed by atoms with Gasteiger partial charge in [0.15, 0.2) is 0 Å². The zero-order chi connectivity index (χ0) is 32.3. The van der Waals surface area contributed by atoms with Crippen molar-refractivity contribution in [3.8, 4) is 0 Å². The van der Waals surface area contributed by atoms with Gasteiger partial charge >= 0.3 is 11.0 Å². The summed E-state index contributed by atoms with van der Waals surface area (Å²) in [5, 5.41) is 6.69. The summed E-state index contributed by atoms with van der Waals surface area (Å²) in [5.41, 5.74) is -1.04. The average molecular weight is 676 g/mol. The number of halogens is 3. The van der Waals surface area contributed by atoms with E-state index in [1.165, 1.54) is 42.7 Å². The van der Waals surface area contributed by atoms with Gasteiger partial charge in [-0.2, -0.15) is 13.2 Å². The fraction of sp³-hybridized carbons (Fsp3) is 0.179. The maximum absolute atomic E-state index is 13.9. The van der Waals surface area contributed by atoms with Gasteiger partial charge in [0.25, 0.3) is 0 Å². The van der Waals surface area contributed by atoms with Crippen molar-refractivity contribution in [2.75, 3.05) is 10.2 Å². The normalized spacial score (nSPS) is 19.7. The summed E-state index contributed by atoms with van der Waals surface area (Å²) in [5.74, 6) is -4.45. The van der Waals surface area contributed by atoms with Crippen LogP contribution in [0.15, 0.2) is 87.8 Å². The molecule has 2 aromatic carbocycles. The molecule has 1 saturated heterocycles. The molecule has 0 saturated carbocycles. The van der Waals surface area contributed by atoms with Crippen LogP contribution in [0.5, 0.6) is 0 Å². The molecule has 0 bridgehead atoms. The molecule has 1 fully saturated rings. The average Bonchev–Trinajstić information content (AvgIpc) is 3.43. The Bertz CT molecular complexity index is 2010. The number of thiazole rings is 1. The molecule has 11 nitrogen and oxygen atoms in total. The van der Waals surface area contributed by atoms with Crippen molar-refractivity contribution in [1.82, 2.24) is 9.55 Å². The summed E-state index contributed by atoms with van der Waals surface area (Å²) in [6.45, 7) is -0.505. The minimum atomic E-state index is -4.84. The van der Waals surface area contributed by atoms with Gasteiger partial charge in [-0.3, -0.25) is 28.7 Å².